The van der Waals surface area contributed by atoms with Crippen LogP contribution >= 0.6 is 11.6 Å². The van der Waals surface area contributed by atoms with Gasteiger partial charge in [0.05, 0.1) is 17.5 Å². The molecule has 104 valence electrons. The molecule has 0 spiro atoms. The van der Waals surface area contributed by atoms with Crippen molar-refractivity contribution in [1.29, 1.82) is 0 Å². The first kappa shape index (κ1) is 13.7. The van der Waals surface area contributed by atoms with Gasteiger partial charge < -0.3 is 0 Å². The number of carbonyl (C=O) groups is 1. The molecule has 0 aliphatic rings. The molecule has 0 aliphatic heterocycles. The number of ketones is 1. The minimum Gasteiger partial charge on any atom is -0.294 e. The number of aromatic nitrogens is 1. The third-order valence-corrected chi connectivity index (χ3v) is 3.46. The highest BCUT2D eigenvalue weighted by molar-refractivity contribution is 6.31. The zero-order chi connectivity index (χ0) is 14.8. The van der Waals surface area contributed by atoms with Crippen LogP contribution in [0.25, 0.3) is 10.9 Å². The third-order valence-electron chi connectivity index (χ3n) is 3.23. The van der Waals surface area contributed by atoms with E-state index in [0.717, 1.165) is 10.9 Å². The second-order valence-electron chi connectivity index (χ2n) is 4.72. The van der Waals surface area contributed by atoms with Crippen LogP contribution in [0.1, 0.15) is 16.1 Å². The van der Waals surface area contributed by atoms with E-state index in [1.807, 2.05) is 30.3 Å². The smallest absolute Gasteiger partial charge is 0.171 e. The summed E-state index contributed by atoms with van der Waals surface area (Å²) in [6.07, 6.45) is 0.0437. The summed E-state index contributed by atoms with van der Waals surface area (Å²) in [6.45, 7) is 0. The fourth-order valence-corrected chi connectivity index (χ4v) is 2.35. The number of carbonyl (C=O) groups excluding carboxylic acids is 1. The lowest BCUT2D eigenvalue weighted by molar-refractivity contribution is 0.0988. The minimum atomic E-state index is -0.565. The molecular formula is C17H11ClFNO. The number of hydrogen-bond donors (Lipinski definition) is 0. The van der Waals surface area contributed by atoms with Crippen LogP contribution in [-0.4, -0.2) is 10.8 Å². The van der Waals surface area contributed by atoms with Gasteiger partial charge in [0.25, 0.3) is 0 Å². The van der Waals surface area contributed by atoms with Crippen molar-refractivity contribution < 1.29 is 9.18 Å². The molecular weight excluding hydrogens is 289 g/mol. The van der Waals surface area contributed by atoms with Crippen molar-refractivity contribution in [3.8, 4) is 0 Å². The van der Waals surface area contributed by atoms with Crippen molar-refractivity contribution in [1.82, 2.24) is 4.98 Å². The molecule has 4 heteroatoms. The Bertz CT molecular complexity index is 832. The van der Waals surface area contributed by atoms with Crippen LogP contribution in [-0.2, 0) is 6.42 Å². The van der Waals surface area contributed by atoms with E-state index in [0.29, 0.717) is 10.7 Å². The number of Topliss-reactive ketones (excluding diaryl/α,β-unsaturated/α-hetero) is 1. The molecule has 0 radical (unpaired) electrons. The van der Waals surface area contributed by atoms with Crippen LogP contribution in [0.15, 0.2) is 54.6 Å². The number of fused-ring (bicyclic) bond motifs is 1. The van der Waals surface area contributed by atoms with Crippen molar-refractivity contribution in [2.75, 3.05) is 0 Å². The Hall–Kier alpha value is -2.26. The van der Waals surface area contributed by atoms with Gasteiger partial charge in [0.2, 0.25) is 0 Å². The highest BCUT2D eigenvalue weighted by Crippen LogP contribution is 2.18. The van der Waals surface area contributed by atoms with Crippen molar-refractivity contribution in [2.45, 2.75) is 6.42 Å². The average Bonchev–Trinajstić information content (AvgIpc) is 2.49. The average molecular weight is 300 g/mol. The molecule has 2 nitrogen and oxygen atoms in total. The predicted molar refractivity (Wildman–Crippen MR) is 81.2 cm³/mol. The number of rotatable bonds is 3. The van der Waals surface area contributed by atoms with E-state index < -0.39 is 5.82 Å². The molecule has 0 atom stereocenters. The van der Waals surface area contributed by atoms with E-state index in [1.54, 1.807) is 6.07 Å². The number of nitrogens with zero attached hydrogens (tertiary/aromatic N) is 1. The molecule has 0 saturated heterocycles. The molecule has 0 aliphatic carbocycles. The third kappa shape index (κ3) is 2.93. The number of halogens is 2. The highest BCUT2D eigenvalue weighted by Gasteiger charge is 2.13. The summed E-state index contributed by atoms with van der Waals surface area (Å²) in [5.41, 5.74) is 1.42. The lowest BCUT2D eigenvalue weighted by atomic mass is 10.0. The van der Waals surface area contributed by atoms with Gasteiger partial charge in [-0.3, -0.25) is 9.78 Å². The summed E-state index contributed by atoms with van der Waals surface area (Å²) in [4.78, 5) is 16.6. The van der Waals surface area contributed by atoms with E-state index in [2.05, 4.69) is 4.98 Å². The van der Waals surface area contributed by atoms with E-state index >= 15 is 0 Å². The number of para-hydroxylation sites is 1. The first-order valence-electron chi connectivity index (χ1n) is 6.46. The molecule has 2 aromatic carbocycles. The van der Waals surface area contributed by atoms with Crippen molar-refractivity contribution in [3.05, 3.63) is 76.7 Å². The molecule has 21 heavy (non-hydrogen) atoms. The molecule has 1 aromatic heterocycles. The Morgan fingerprint density at radius 3 is 2.76 bits per heavy atom. The van der Waals surface area contributed by atoms with Gasteiger partial charge in [-0.25, -0.2) is 4.39 Å². The van der Waals surface area contributed by atoms with E-state index in [-0.39, 0.29) is 17.8 Å². The summed E-state index contributed by atoms with van der Waals surface area (Å²) in [5.74, 6) is -0.900. The molecule has 0 fully saturated rings. The number of pyridine rings is 1. The van der Waals surface area contributed by atoms with Crippen molar-refractivity contribution in [3.63, 3.8) is 0 Å². The zero-order valence-electron chi connectivity index (χ0n) is 11.0. The monoisotopic (exact) mass is 299 g/mol. The van der Waals surface area contributed by atoms with Gasteiger partial charge in [-0.15, -0.1) is 0 Å². The molecule has 3 aromatic rings. The second-order valence-corrected chi connectivity index (χ2v) is 5.16. The van der Waals surface area contributed by atoms with Gasteiger partial charge in [0, 0.05) is 16.1 Å². The van der Waals surface area contributed by atoms with E-state index in [1.165, 1.54) is 18.2 Å². The zero-order valence-corrected chi connectivity index (χ0v) is 11.8. The van der Waals surface area contributed by atoms with E-state index in [4.69, 9.17) is 11.6 Å². The molecule has 0 bridgehead atoms. The summed E-state index contributed by atoms with van der Waals surface area (Å²) in [6, 6.07) is 15.3. The Kier molecular flexibility index (Phi) is 3.67. The van der Waals surface area contributed by atoms with Gasteiger partial charge in [-0.1, -0.05) is 35.9 Å². The maximum absolute atomic E-state index is 13.7. The normalized spacial score (nSPS) is 10.8. The SMILES string of the molecule is O=C(Cc1ccc2ccccc2n1)c1cc(Cl)ccc1F. The topological polar surface area (TPSA) is 30.0 Å². The maximum Gasteiger partial charge on any atom is 0.171 e. The Balaban J connectivity index is 1.90. The fraction of sp³-hybridized carbons (Fsp3) is 0.0588. The van der Waals surface area contributed by atoms with Crippen LogP contribution in [0.4, 0.5) is 4.39 Å². The van der Waals surface area contributed by atoms with Crippen LogP contribution in [0.5, 0.6) is 0 Å². The van der Waals surface area contributed by atoms with Crippen LogP contribution in [0, 0.1) is 5.82 Å². The summed E-state index contributed by atoms with van der Waals surface area (Å²) >= 11 is 5.81. The first-order valence-corrected chi connectivity index (χ1v) is 6.84. The van der Waals surface area contributed by atoms with E-state index in [9.17, 15) is 9.18 Å². The summed E-state index contributed by atoms with van der Waals surface area (Å²) in [5, 5.41) is 1.34. The number of benzene rings is 2. The lowest BCUT2D eigenvalue weighted by Gasteiger charge is -2.04. The number of hydrogen-bond acceptors (Lipinski definition) is 2. The summed E-state index contributed by atoms with van der Waals surface area (Å²) in [7, 11) is 0. The standard InChI is InChI=1S/C17H11ClFNO/c18-12-6-8-15(19)14(9-12)17(21)10-13-7-5-11-3-1-2-4-16(11)20-13/h1-9H,10H2. The summed E-state index contributed by atoms with van der Waals surface area (Å²) < 4.78 is 13.7. The second kappa shape index (κ2) is 5.62. The van der Waals surface area contributed by atoms with Crippen molar-refractivity contribution >= 4 is 28.3 Å². The predicted octanol–water partition coefficient (Wildman–Crippen LogP) is 4.45. The van der Waals surface area contributed by atoms with Gasteiger partial charge in [-0.2, -0.15) is 0 Å². The van der Waals surface area contributed by atoms with Crippen LogP contribution in [0.3, 0.4) is 0 Å². The molecule has 0 saturated carbocycles. The fourth-order valence-electron chi connectivity index (χ4n) is 2.18. The molecule has 0 amide bonds. The largest absolute Gasteiger partial charge is 0.294 e. The maximum atomic E-state index is 13.7. The highest BCUT2D eigenvalue weighted by atomic mass is 35.5. The minimum absolute atomic E-state index is 0.00235. The Morgan fingerprint density at radius 2 is 1.90 bits per heavy atom. The van der Waals surface area contributed by atoms with Gasteiger partial charge >= 0.3 is 0 Å². The molecule has 3 rings (SSSR count). The Labute approximate surface area is 126 Å². The Morgan fingerprint density at radius 1 is 1.10 bits per heavy atom. The quantitative estimate of drug-likeness (QED) is 0.669. The molecule has 1 heterocycles. The molecule has 0 unspecified atom stereocenters. The first-order chi connectivity index (χ1) is 10.1. The van der Waals surface area contributed by atoms with Gasteiger partial charge in [-0.05, 0) is 30.3 Å². The van der Waals surface area contributed by atoms with Crippen molar-refractivity contribution in [2.24, 2.45) is 0 Å². The van der Waals surface area contributed by atoms with Gasteiger partial charge in [0.15, 0.2) is 5.78 Å². The molecule has 0 N–H and O–H groups in total. The van der Waals surface area contributed by atoms with Gasteiger partial charge in [0.1, 0.15) is 5.82 Å². The van der Waals surface area contributed by atoms with Crippen LogP contribution in [0.2, 0.25) is 5.02 Å². The van der Waals surface area contributed by atoms with Crippen LogP contribution < -0.4 is 0 Å². The lowest BCUT2D eigenvalue weighted by Crippen LogP contribution is -2.07.